The second-order valence-corrected chi connectivity index (χ2v) is 5.28. The maximum Gasteiger partial charge on any atom is 0.387 e. The zero-order chi connectivity index (χ0) is 15.2. The largest absolute Gasteiger partial charge is 0.434 e. The van der Waals surface area contributed by atoms with Crippen LogP contribution >= 0.6 is 15.9 Å². The van der Waals surface area contributed by atoms with E-state index in [0.29, 0.717) is 18.7 Å². The first-order chi connectivity index (χ1) is 10.0. The highest BCUT2D eigenvalue weighted by molar-refractivity contribution is 9.10. The molecule has 2 aromatic rings. The molecular weight excluding hydrogens is 347 g/mol. The molecule has 0 amide bonds. The molecule has 0 aliphatic rings. The highest BCUT2D eigenvalue weighted by atomic mass is 79.9. The van der Waals surface area contributed by atoms with E-state index in [2.05, 4.69) is 26.0 Å². The minimum absolute atomic E-state index is 0.139. The van der Waals surface area contributed by atoms with Crippen LogP contribution in [0, 0.1) is 5.82 Å². The van der Waals surface area contributed by atoms with Crippen LogP contribution in [0.15, 0.2) is 46.9 Å². The topological polar surface area (TPSA) is 21.3 Å². The first-order valence-electron chi connectivity index (χ1n) is 6.23. The first kappa shape index (κ1) is 15.9. The molecule has 0 aromatic heterocycles. The molecule has 0 aliphatic heterocycles. The monoisotopic (exact) mass is 359 g/mol. The summed E-state index contributed by atoms with van der Waals surface area (Å²) in [6.45, 7) is -2.00. The molecule has 6 heteroatoms. The molecule has 0 fully saturated rings. The normalized spacial score (nSPS) is 10.9. The van der Waals surface area contributed by atoms with Crippen molar-refractivity contribution in [3.05, 3.63) is 63.9 Å². The second kappa shape index (κ2) is 7.47. The Bertz CT molecular complexity index is 590. The maximum atomic E-state index is 12.8. The Kier molecular flexibility index (Phi) is 5.64. The summed E-state index contributed by atoms with van der Waals surface area (Å²) in [5, 5.41) is 3.11. The number of rotatable bonds is 6. The Balaban J connectivity index is 1.98. The van der Waals surface area contributed by atoms with Crippen molar-refractivity contribution in [1.82, 2.24) is 5.32 Å². The zero-order valence-electron chi connectivity index (χ0n) is 11.0. The van der Waals surface area contributed by atoms with Gasteiger partial charge >= 0.3 is 6.61 Å². The minimum Gasteiger partial charge on any atom is -0.434 e. The van der Waals surface area contributed by atoms with Crippen molar-refractivity contribution in [2.75, 3.05) is 0 Å². The molecule has 2 rings (SSSR count). The Hall–Kier alpha value is -1.53. The van der Waals surface area contributed by atoms with Gasteiger partial charge in [0.2, 0.25) is 0 Å². The van der Waals surface area contributed by atoms with Crippen LogP contribution in [0.1, 0.15) is 11.1 Å². The number of halogens is 4. The van der Waals surface area contributed by atoms with Crippen molar-refractivity contribution in [3.63, 3.8) is 0 Å². The van der Waals surface area contributed by atoms with E-state index >= 15 is 0 Å². The fourth-order valence-electron chi connectivity index (χ4n) is 1.84. The first-order valence-corrected chi connectivity index (χ1v) is 7.02. The smallest absolute Gasteiger partial charge is 0.387 e. The summed E-state index contributed by atoms with van der Waals surface area (Å²) in [6, 6.07) is 10.9. The Morgan fingerprint density at radius 3 is 2.43 bits per heavy atom. The van der Waals surface area contributed by atoms with Crippen LogP contribution in [0.25, 0.3) is 0 Å². The summed E-state index contributed by atoms with van der Waals surface area (Å²) in [5.74, 6) is -0.154. The van der Waals surface area contributed by atoms with Crippen LogP contribution in [0.3, 0.4) is 0 Å². The Morgan fingerprint density at radius 1 is 1.05 bits per heavy atom. The van der Waals surface area contributed by atoms with Crippen molar-refractivity contribution >= 4 is 15.9 Å². The average Bonchev–Trinajstić information content (AvgIpc) is 2.43. The van der Waals surface area contributed by atoms with Crippen LogP contribution in [0.4, 0.5) is 13.2 Å². The van der Waals surface area contributed by atoms with Gasteiger partial charge in [-0.25, -0.2) is 4.39 Å². The van der Waals surface area contributed by atoms with E-state index in [4.69, 9.17) is 0 Å². The predicted molar refractivity (Wildman–Crippen MR) is 77.7 cm³/mol. The maximum absolute atomic E-state index is 12.8. The summed E-state index contributed by atoms with van der Waals surface area (Å²) in [7, 11) is 0. The summed E-state index contributed by atoms with van der Waals surface area (Å²) in [5.41, 5.74) is 1.52. The molecule has 0 heterocycles. The molecule has 1 N–H and O–H groups in total. The van der Waals surface area contributed by atoms with Gasteiger partial charge in [0.15, 0.2) is 0 Å². The third-order valence-electron chi connectivity index (χ3n) is 2.80. The third kappa shape index (κ3) is 5.06. The van der Waals surface area contributed by atoms with Gasteiger partial charge in [-0.1, -0.05) is 28.1 Å². The average molecular weight is 360 g/mol. The van der Waals surface area contributed by atoms with Crippen molar-refractivity contribution in [1.29, 1.82) is 0 Å². The highest BCUT2D eigenvalue weighted by Gasteiger charge is 2.10. The lowest BCUT2D eigenvalue weighted by atomic mass is 10.2. The van der Waals surface area contributed by atoms with Gasteiger partial charge in [0.05, 0.1) is 0 Å². The van der Waals surface area contributed by atoms with E-state index in [1.165, 1.54) is 18.2 Å². The zero-order valence-corrected chi connectivity index (χ0v) is 12.5. The van der Waals surface area contributed by atoms with Crippen LogP contribution in [0.2, 0.25) is 0 Å². The lowest BCUT2D eigenvalue weighted by Gasteiger charge is -2.12. The molecule has 112 valence electrons. The number of hydrogen-bond donors (Lipinski definition) is 1. The van der Waals surface area contributed by atoms with Gasteiger partial charge in [0.1, 0.15) is 11.6 Å². The molecule has 0 radical (unpaired) electrons. The number of benzene rings is 2. The molecule has 0 aliphatic carbocycles. The third-order valence-corrected chi connectivity index (χ3v) is 3.29. The van der Waals surface area contributed by atoms with E-state index in [1.54, 1.807) is 24.3 Å². The van der Waals surface area contributed by atoms with Crippen molar-refractivity contribution in [2.24, 2.45) is 0 Å². The molecular formula is C15H13BrF3NO. The predicted octanol–water partition coefficient (Wildman–Crippen LogP) is 4.48. The number of alkyl halides is 2. The molecule has 0 spiro atoms. The van der Waals surface area contributed by atoms with Crippen molar-refractivity contribution < 1.29 is 17.9 Å². The van der Waals surface area contributed by atoms with Gasteiger partial charge < -0.3 is 10.1 Å². The summed E-state index contributed by atoms with van der Waals surface area (Å²) in [4.78, 5) is 0. The molecule has 0 bridgehead atoms. The van der Waals surface area contributed by atoms with Gasteiger partial charge in [0, 0.05) is 23.1 Å². The number of ether oxygens (including phenoxy) is 1. The summed E-state index contributed by atoms with van der Waals surface area (Å²) >= 11 is 3.29. The Morgan fingerprint density at radius 2 is 1.76 bits per heavy atom. The second-order valence-electron chi connectivity index (χ2n) is 4.36. The van der Waals surface area contributed by atoms with Gasteiger partial charge in [-0.05, 0) is 35.9 Å². The lowest BCUT2D eigenvalue weighted by molar-refractivity contribution is -0.0505. The molecule has 0 saturated carbocycles. The molecule has 0 unspecified atom stereocenters. The van der Waals surface area contributed by atoms with E-state index in [-0.39, 0.29) is 11.6 Å². The van der Waals surface area contributed by atoms with Crippen LogP contribution in [0.5, 0.6) is 5.75 Å². The van der Waals surface area contributed by atoms with Crippen molar-refractivity contribution in [3.8, 4) is 5.75 Å². The van der Waals surface area contributed by atoms with Gasteiger partial charge in [-0.2, -0.15) is 8.78 Å². The van der Waals surface area contributed by atoms with Gasteiger partial charge in [-0.3, -0.25) is 0 Å². The van der Waals surface area contributed by atoms with E-state index in [0.717, 1.165) is 10.0 Å². The van der Waals surface area contributed by atoms with Crippen LogP contribution in [-0.4, -0.2) is 6.61 Å². The number of hydrogen-bond acceptors (Lipinski definition) is 2. The summed E-state index contributed by atoms with van der Waals surface area (Å²) < 4.78 is 42.7. The van der Waals surface area contributed by atoms with Crippen molar-refractivity contribution in [2.45, 2.75) is 19.7 Å². The van der Waals surface area contributed by atoms with E-state index < -0.39 is 6.61 Å². The standard InChI is InChI=1S/C15H13BrF3NO/c16-12-3-6-14(21-15(18)19)11(7-12)9-20-8-10-1-4-13(17)5-2-10/h1-7,15,20H,8-9H2. The molecule has 21 heavy (non-hydrogen) atoms. The van der Waals surface area contributed by atoms with E-state index in [1.807, 2.05) is 0 Å². The lowest BCUT2D eigenvalue weighted by Crippen LogP contribution is -2.14. The van der Waals surface area contributed by atoms with Crippen LogP contribution in [-0.2, 0) is 13.1 Å². The fourth-order valence-corrected chi connectivity index (χ4v) is 2.25. The fraction of sp³-hybridized carbons (Fsp3) is 0.200. The summed E-state index contributed by atoms with van der Waals surface area (Å²) in [6.07, 6.45) is 0. The molecule has 0 saturated heterocycles. The quantitative estimate of drug-likeness (QED) is 0.820. The van der Waals surface area contributed by atoms with E-state index in [9.17, 15) is 13.2 Å². The molecule has 2 nitrogen and oxygen atoms in total. The van der Waals surface area contributed by atoms with Gasteiger partial charge in [-0.15, -0.1) is 0 Å². The minimum atomic E-state index is -2.86. The SMILES string of the molecule is Fc1ccc(CNCc2cc(Br)ccc2OC(F)F)cc1. The van der Waals surface area contributed by atoms with Gasteiger partial charge in [0.25, 0.3) is 0 Å². The highest BCUT2D eigenvalue weighted by Crippen LogP contribution is 2.24. The molecule has 2 aromatic carbocycles. The van der Waals surface area contributed by atoms with Crippen LogP contribution < -0.4 is 10.1 Å². The molecule has 0 atom stereocenters. The number of nitrogens with one attached hydrogen (secondary N) is 1. The Labute approximate surface area is 129 Å².